The first kappa shape index (κ1) is 22.1. The van der Waals surface area contributed by atoms with E-state index in [1.807, 2.05) is 55.5 Å². The Morgan fingerprint density at radius 1 is 1.03 bits per heavy atom. The molecule has 1 amide bonds. The number of Topliss-reactive ketones (excluding diaryl/α,β-unsaturated/α-hetero) is 1. The van der Waals surface area contributed by atoms with Gasteiger partial charge in [0.1, 0.15) is 11.5 Å². The second-order valence-corrected chi connectivity index (χ2v) is 8.55. The normalized spacial score (nSPS) is 21.2. The first-order chi connectivity index (χ1) is 15.5. The number of carbonyl (C=O) groups is 2. The molecule has 0 aromatic heterocycles. The highest BCUT2D eigenvalue weighted by Gasteiger charge is 2.48. The van der Waals surface area contributed by atoms with Crippen LogP contribution in [0.1, 0.15) is 68.7 Å². The second-order valence-electron chi connectivity index (χ2n) is 8.55. The molecule has 1 aliphatic heterocycles. The first-order valence-electron chi connectivity index (χ1n) is 11.7. The van der Waals surface area contributed by atoms with Gasteiger partial charge in [-0.3, -0.25) is 9.59 Å². The molecule has 0 bridgehead atoms. The Morgan fingerprint density at radius 3 is 2.41 bits per heavy atom. The van der Waals surface area contributed by atoms with E-state index in [1.165, 1.54) is 0 Å². The van der Waals surface area contributed by atoms with E-state index in [0.29, 0.717) is 17.9 Å². The average molecular weight is 434 g/mol. The molecule has 1 heterocycles. The molecule has 1 atom stereocenters. The zero-order valence-corrected chi connectivity index (χ0v) is 18.8. The molecule has 2 aromatic rings. The predicted octanol–water partition coefficient (Wildman–Crippen LogP) is 5.40. The fourth-order valence-electron chi connectivity index (χ4n) is 4.91. The van der Waals surface area contributed by atoms with Gasteiger partial charge in [-0.15, -0.1) is 0 Å². The third-order valence-corrected chi connectivity index (χ3v) is 6.57. The number of likely N-dealkylation sites (tertiary alicyclic amines) is 1. The van der Waals surface area contributed by atoms with E-state index in [2.05, 4.69) is 6.92 Å². The molecule has 168 valence electrons. The Kier molecular flexibility index (Phi) is 6.63. The number of rotatable bonds is 6. The molecule has 0 spiro atoms. The number of aliphatic hydroxyl groups excluding tert-OH is 1. The van der Waals surface area contributed by atoms with Gasteiger partial charge >= 0.3 is 0 Å². The Bertz CT molecular complexity index is 1020. The largest absolute Gasteiger partial charge is 0.507 e. The number of hydrogen-bond donors (Lipinski definition) is 1. The molecule has 32 heavy (non-hydrogen) atoms. The maximum atomic E-state index is 13.3. The van der Waals surface area contributed by atoms with Crippen molar-refractivity contribution in [3.05, 3.63) is 70.8 Å². The standard InChI is InChI=1S/C27H31NO4/c1-3-18-13-15-19(16-14-18)25(29)23-24(20-9-8-12-22(17-20)32-4-2)28(27(31)26(23)30)21-10-6-5-7-11-21/h8-9,12-17,21,24,29H,3-7,10-11H2,1-2H3/b25-23-. The van der Waals surface area contributed by atoms with Crippen molar-refractivity contribution in [1.29, 1.82) is 0 Å². The van der Waals surface area contributed by atoms with Gasteiger partial charge in [0.05, 0.1) is 18.2 Å². The zero-order chi connectivity index (χ0) is 22.7. The molecule has 1 saturated heterocycles. The van der Waals surface area contributed by atoms with Crippen LogP contribution in [0.15, 0.2) is 54.1 Å². The highest BCUT2D eigenvalue weighted by molar-refractivity contribution is 6.46. The lowest BCUT2D eigenvalue weighted by Crippen LogP contribution is -2.40. The Morgan fingerprint density at radius 2 is 1.75 bits per heavy atom. The van der Waals surface area contributed by atoms with Crippen LogP contribution in [0.5, 0.6) is 5.75 Å². The van der Waals surface area contributed by atoms with Crippen LogP contribution >= 0.6 is 0 Å². The first-order valence-corrected chi connectivity index (χ1v) is 11.7. The maximum Gasteiger partial charge on any atom is 0.295 e. The lowest BCUT2D eigenvalue weighted by molar-refractivity contribution is -0.141. The molecule has 1 aliphatic carbocycles. The third-order valence-electron chi connectivity index (χ3n) is 6.57. The number of aliphatic hydroxyl groups is 1. The zero-order valence-electron chi connectivity index (χ0n) is 18.8. The summed E-state index contributed by atoms with van der Waals surface area (Å²) in [5.41, 5.74) is 2.64. The van der Waals surface area contributed by atoms with E-state index in [-0.39, 0.29) is 17.4 Å². The van der Waals surface area contributed by atoms with Crippen LogP contribution in [0.4, 0.5) is 0 Å². The summed E-state index contributed by atoms with van der Waals surface area (Å²) in [6.45, 7) is 4.51. The van der Waals surface area contributed by atoms with Gasteiger partial charge in [-0.1, -0.05) is 62.6 Å². The summed E-state index contributed by atoms with van der Waals surface area (Å²) < 4.78 is 5.68. The van der Waals surface area contributed by atoms with Crippen LogP contribution in [0.2, 0.25) is 0 Å². The van der Waals surface area contributed by atoms with Crippen molar-refractivity contribution in [2.75, 3.05) is 6.61 Å². The Labute approximate surface area is 189 Å². The Balaban J connectivity index is 1.85. The molecule has 5 nitrogen and oxygen atoms in total. The summed E-state index contributed by atoms with van der Waals surface area (Å²) in [4.78, 5) is 28.2. The fourth-order valence-corrected chi connectivity index (χ4v) is 4.91. The van der Waals surface area contributed by atoms with Gasteiger partial charge in [0.2, 0.25) is 0 Å². The molecule has 1 unspecified atom stereocenters. The average Bonchev–Trinajstić information content (AvgIpc) is 3.10. The quantitative estimate of drug-likeness (QED) is 0.376. The predicted molar refractivity (Wildman–Crippen MR) is 124 cm³/mol. The molecular formula is C27H31NO4. The molecule has 5 heteroatoms. The molecule has 4 rings (SSSR count). The lowest BCUT2D eigenvalue weighted by atomic mass is 9.91. The smallest absolute Gasteiger partial charge is 0.295 e. The minimum Gasteiger partial charge on any atom is -0.507 e. The number of ether oxygens (including phenoxy) is 1. The van der Waals surface area contributed by atoms with Crippen LogP contribution in [-0.2, 0) is 16.0 Å². The molecular weight excluding hydrogens is 402 g/mol. The van der Waals surface area contributed by atoms with E-state index in [0.717, 1.165) is 49.7 Å². The third kappa shape index (κ3) is 4.16. The number of amides is 1. The number of carbonyl (C=O) groups excluding carboxylic acids is 2. The fraction of sp³-hybridized carbons (Fsp3) is 0.407. The van der Waals surface area contributed by atoms with Gasteiger partial charge in [0.25, 0.3) is 11.7 Å². The minimum atomic E-state index is -0.621. The maximum absolute atomic E-state index is 13.3. The van der Waals surface area contributed by atoms with Crippen molar-refractivity contribution >= 4 is 17.4 Å². The van der Waals surface area contributed by atoms with Gasteiger partial charge in [0.15, 0.2) is 0 Å². The summed E-state index contributed by atoms with van der Waals surface area (Å²) in [5, 5.41) is 11.2. The van der Waals surface area contributed by atoms with Gasteiger partial charge in [0, 0.05) is 11.6 Å². The van der Waals surface area contributed by atoms with E-state index in [1.54, 1.807) is 4.90 Å². The van der Waals surface area contributed by atoms with Gasteiger partial charge in [-0.2, -0.15) is 0 Å². The number of ketones is 1. The second kappa shape index (κ2) is 9.60. The molecule has 2 aromatic carbocycles. The van der Waals surface area contributed by atoms with Crippen molar-refractivity contribution in [2.24, 2.45) is 0 Å². The molecule has 1 saturated carbocycles. The molecule has 2 fully saturated rings. The summed E-state index contributed by atoms with van der Waals surface area (Å²) in [5.74, 6) is -0.558. The summed E-state index contributed by atoms with van der Waals surface area (Å²) in [7, 11) is 0. The molecule has 1 N–H and O–H groups in total. The highest BCUT2D eigenvalue weighted by atomic mass is 16.5. The van der Waals surface area contributed by atoms with Crippen molar-refractivity contribution < 1.29 is 19.4 Å². The van der Waals surface area contributed by atoms with Crippen LogP contribution in [0.3, 0.4) is 0 Å². The van der Waals surface area contributed by atoms with Crippen LogP contribution in [0, 0.1) is 0 Å². The number of nitrogens with zero attached hydrogens (tertiary/aromatic N) is 1. The number of hydrogen-bond acceptors (Lipinski definition) is 4. The van der Waals surface area contributed by atoms with Crippen LogP contribution in [-0.4, -0.2) is 34.3 Å². The molecule has 2 aliphatic rings. The number of aryl methyl sites for hydroxylation is 1. The summed E-state index contributed by atoms with van der Waals surface area (Å²) in [6.07, 6.45) is 5.86. The van der Waals surface area contributed by atoms with Gasteiger partial charge < -0.3 is 14.7 Å². The van der Waals surface area contributed by atoms with Crippen LogP contribution < -0.4 is 4.74 Å². The van der Waals surface area contributed by atoms with E-state index in [9.17, 15) is 14.7 Å². The van der Waals surface area contributed by atoms with E-state index < -0.39 is 17.7 Å². The minimum absolute atomic E-state index is 0.00582. The Hall–Kier alpha value is -3.08. The SMILES string of the molecule is CCOc1cccc(C2/C(=C(/O)c3ccc(CC)cc3)C(=O)C(=O)N2C2CCCCC2)c1. The highest BCUT2D eigenvalue weighted by Crippen LogP contribution is 2.43. The van der Waals surface area contributed by atoms with Gasteiger partial charge in [-0.05, 0) is 49.4 Å². The summed E-state index contributed by atoms with van der Waals surface area (Å²) >= 11 is 0. The van der Waals surface area contributed by atoms with Gasteiger partial charge in [-0.25, -0.2) is 0 Å². The monoisotopic (exact) mass is 433 g/mol. The van der Waals surface area contributed by atoms with Crippen molar-refractivity contribution in [3.63, 3.8) is 0 Å². The number of benzene rings is 2. The van der Waals surface area contributed by atoms with Crippen LogP contribution in [0.25, 0.3) is 5.76 Å². The lowest BCUT2D eigenvalue weighted by Gasteiger charge is -2.35. The van der Waals surface area contributed by atoms with Crippen molar-refractivity contribution in [1.82, 2.24) is 4.90 Å². The van der Waals surface area contributed by atoms with E-state index >= 15 is 0 Å². The van der Waals surface area contributed by atoms with E-state index in [4.69, 9.17) is 4.74 Å². The van der Waals surface area contributed by atoms with Crippen molar-refractivity contribution in [2.45, 2.75) is 64.5 Å². The summed E-state index contributed by atoms with van der Waals surface area (Å²) in [6, 6.07) is 14.4. The van der Waals surface area contributed by atoms with Crippen molar-refractivity contribution in [3.8, 4) is 5.75 Å². The molecule has 0 radical (unpaired) electrons. The topological polar surface area (TPSA) is 66.8 Å².